The van der Waals surface area contributed by atoms with E-state index in [4.69, 9.17) is 5.10 Å². The molecule has 1 aliphatic rings. The molecule has 1 aromatic heterocycles. The molecule has 1 aromatic rings. The summed E-state index contributed by atoms with van der Waals surface area (Å²) in [6.45, 7) is 16.5. The lowest BCUT2D eigenvalue weighted by molar-refractivity contribution is 0.178. The minimum atomic E-state index is -3.08. The highest BCUT2D eigenvalue weighted by Crippen LogP contribution is 2.28. The van der Waals surface area contributed by atoms with E-state index in [-0.39, 0.29) is 11.0 Å². The van der Waals surface area contributed by atoms with Crippen LogP contribution in [-0.2, 0) is 27.5 Å². The molecule has 0 spiro atoms. The SMILES string of the molecule is CC(C)(C)c1cn(C(C)(C)C)nc1CN1CCN(S(C)(=O)=O)CC1. The normalized spacial score (nSPS) is 19.0. The first kappa shape index (κ1) is 19.4. The van der Waals surface area contributed by atoms with Crippen LogP contribution in [0.15, 0.2) is 6.20 Å². The zero-order valence-electron chi connectivity index (χ0n) is 16.1. The summed E-state index contributed by atoms with van der Waals surface area (Å²) in [6.07, 6.45) is 3.45. The first-order valence-electron chi connectivity index (χ1n) is 8.55. The van der Waals surface area contributed by atoms with Crippen molar-refractivity contribution >= 4 is 10.0 Å². The molecule has 0 atom stereocenters. The van der Waals surface area contributed by atoms with Crippen molar-refractivity contribution in [3.8, 4) is 0 Å². The lowest BCUT2D eigenvalue weighted by Gasteiger charge is -2.33. The maximum Gasteiger partial charge on any atom is 0.211 e. The van der Waals surface area contributed by atoms with Crippen LogP contribution in [-0.4, -0.2) is 59.8 Å². The van der Waals surface area contributed by atoms with Gasteiger partial charge < -0.3 is 0 Å². The summed E-state index contributed by atoms with van der Waals surface area (Å²) < 4.78 is 26.9. The Kier molecular flexibility index (Phi) is 5.19. The summed E-state index contributed by atoms with van der Waals surface area (Å²) >= 11 is 0. The first-order chi connectivity index (χ1) is 10.8. The molecular weight excluding hydrogens is 324 g/mol. The molecule has 0 radical (unpaired) electrons. The summed E-state index contributed by atoms with van der Waals surface area (Å²) in [5.74, 6) is 0. The van der Waals surface area contributed by atoms with Crippen LogP contribution in [0.1, 0.15) is 52.8 Å². The lowest BCUT2D eigenvalue weighted by atomic mass is 9.87. The largest absolute Gasteiger partial charge is 0.295 e. The Bertz CT molecular complexity index is 672. The van der Waals surface area contributed by atoms with Gasteiger partial charge in [0.15, 0.2) is 0 Å². The van der Waals surface area contributed by atoms with Crippen LogP contribution < -0.4 is 0 Å². The van der Waals surface area contributed by atoms with Crippen molar-refractivity contribution in [2.24, 2.45) is 0 Å². The molecule has 0 unspecified atom stereocenters. The van der Waals surface area contributed by atoms with E-state index in [1.807, 2.05) is 0 Å². The standard InChI is InChI=1S/C17H32N4O2S/c1-16(2,3)14-12-21(17(4,5)6)18-15(14)13-19-8-10-20(11-9-19)24(7,22)23/h12H,8-11,13H2,1-7H3. The van der Waals surface area contributed by atoms with Gasteiger partial charge in [0.05, 0.1) is 17.5 Å². The van der Waals surface area contributed by atoms with Gasteiger partial charge in [-0.1, -0.05) is 20.8 Å². The summed E-state index contributed by atoms with van der Waals surface area (Å²) in [5, 5.41) is 4.85. The summed E-state index contributed by atoms with van der Waals surface area (Å²) in [6, 6.07) is 0. The second-order valence-electron chi connectivity index (χ2n) is 8.79. The molecule has 1 fully saturated rings. The van der Waals surface area contributed by atoms with Crippen LogP contribution in [0.4, 0.5) is 0 Å². The van der Waals surface area contributed by atoms with Gasteiger partial charge in [0, 0.05) is 44.5 Å². The fraction of sp³-hybridized carbons (Fsp3) is 0.824. The van der Waals surface area contributed by atoms with E-state index in [1.165, 1.54) is 11.8 Å². The third-order valence-corrected chi connectivity index (χ3v) is 5.76. The molecule has 0 bridgehead atoms. The van der Waals surface area contributed by atoms with Crippen molar-refractivity contribution in [3.05, 3.63) is 17.5 Å². The zero-order chi connectivity index (χ0) is 18.3. The number of hydrogen-bond donors (Lipinski definition) is 0. The molecule has 0 aliphatic carbocycles. The van der Waals surface area contributed by atoms with Crippen molar-refractivity contribution in [2.45, 2.75) is 59.0 Å². The Hall–Kier alpha value is -0.920. The molecule has 24 heavy (non-hydrogen) atoms. The van der Waals surface area contributed by atoms with Gasteiger partial charge >= 0.3 is 0 Å². The summed E-state index contributed by atoms with van der Waals surface area (Å²) in [5.41, 5.74) is 2.36. The molecule has 1 saturated heterocycles. The molecule has 0 amide bonds. The average Bonchev–Trinajstić information content (AvgIpc) is 2.82. The van der Waals surface area contributed by atoms with E-state index in [0.29, 0.717) is 13.1 Å². The van der Waals surface area contributed by atoms with E-state index >= 15 is 0 Å². The average molecular weight is 357 g/mol. The third kappa shape index (κ3) is 4.58. The minimum Gasteiger partial charge on any atom is -0.295 e. The lowest BCUT2D eigenvalue weighted by Crippen LogP contribution is -2.48. The number of hydrogen-bond acceptors (Lipinski definition) is 4. The summed E-state index contributed by atoms with van der Waals surface area (Å²) in [7, 11) is -3.08. The van der Waals surface area contributed by atoms with Crippen LogP contribution in [0.25, 0.3) is 0 Å². The second kappa shape index (κ2) is 6.42. The van der Waals surface area contributed by atoms with Gasteiger partial charge in [-0.25, -0.2) is 8.42 Å². The molecule has 2 rings (SSSR count). The Morgan fingerprint density at radius 1 is 1.04 bits per heavy atom. The van der Waals surface area contributed by atoms with Crippen molar-refractivity contribution in [3.63, 3.8) is 0 Å². The van der Waals surface area contributed by atoms with E-state index in [0.717, 1.165) is 25.3 Å². The van der Waals surface area contributed by atoms with E-state index < -0.39 is 10.0 Å². The Morgan fingerprint density at radius 3 is 2.00 bits per heavy atom. The molecule has 6 nitrogen and oxygen atoms in total. The van der Waals surface area contributed by atoms with Gasteiger partial charge in [-0.05, 0) is 26.2 Å². The molecule has 1 aliphatic heterocycles. The Balaban J connectivity index is 2.17. The van der Waals surface area contributed by atoms with Gasteiger partial charge in [-0.15, -0.1) is 0 Å². The number of aromatic nitrogens is 2. The van der Waals surface area contributed by atoms with Gasteiger partial charge in [-0.2, -0.15) is 9.40 Å². The molecular formula is C17H32N4O2S. The maximum atomic E-state index is 11.6. The predicted octanol–water partition coefficient (Wildman–Crippen LogP) is 2.01. The highest BCUT2D eigenvalue weighted by molar-refractivity contribution is 7.88. The van der Waals surface area contributed by atoms with Crippen molar-refractivity contribution < 1.29 is 8.42 Å². The van der Waals surface area contributed by atoms with Gasteiger partial charge in [0.25, 0.3) is 0 Å². The van der Waals surface area contributed by atoms with Crippen LogP contribution in [0, 0.1) is 0 Å². The smallest absolute Gasteiger partial charge is 0.211 e. The molecule has 138 valence electrons. The van der Waals surface area contributed by atoms with Crippen molar-refractivity contribution in [1.82, 2.24) is 19.0 Å². The van der Waals surface area contributed by atoms with E-state index in [9.17, 15) is 8.42 Å². The predicted molar refractivity (Wildman–Crippen MR) is 97.6 cm³/mol. The highest BCUT2D eigenvalue weighted by atomic mass is 32.2. The van der Waals surface area contributed by atoms with Crippen LogP contribution >= 0.6 is 0 Å². The minimum absolute atomic E-state index is 0.0351. The molecule has 2 heterocycles. The fourth-order valence-corrected chi connectivity index (χ4v) is 3.75. The molecule has 7 heteroatoms. The third-order valence-electron chi connectivity index (χ3n) is 4.46. The van der Waals surface area contributed by atoms with Gasteiger partial charge in [0.2, 0.25) is 10.0 Å². The van der Waals surface area contributed by atoms with Crippen LogP contribution in [0.3, 0.4) is 0 Å². The van der Waals surface area contributed by atoms with Crippen LogP contribution in [0.2, 0.25) is 0 Å². The van der Waals surface area contributed by atoms with Crippen LogP contribution in [0.5, 0.6) is 0 Å². The van der Waals surface area contributed by atoms with E-state index in [1.54, 1.807) is 4.31 Å². The molecule has 0 N–H and O–H groups in total. The number of sulfonamides is 1. The first-order valence-corrected chi connectivity index (χ1v) is 10.4. The second-order valence-corrected chi connectivity index (χ2v) is 10.8. The monoisotopic (exact) mass is 356 g/mol. The number of nitrogens with zero attached hydrogens (tertiary/aromatic N) is 4. The zero-order valence-corrected chi connectivity index (χ0v) is 16.9. The molecule has 0 aromatic carbocycles. The summed E-state index contributed by atoms with van der Waals surface area (Å²) in [4.78, 5) is 2.30. The Morgan fingerprint density at radius 2 is 1.58 bits per heavy atom. The highest BCUT2D eigenvalue weighted by Gasteiger charge is 2.28. The Labute approximate surface area is 146 Å². The van der Waals surface area contributed by atoms with Crippen molar-refractivity contribution in [1.29, 1.82) is 0 Å². The van der Waals surface area contributed by atoms with Gasteiger partial charge in [0.1, 0.15) is 0 Å². The van der Waals surface area contributed by atoms with Gasteiger partial charge in [-0.3, -0.25) is 9.58 Å². The van der Waals surface area contributed by atoms with E-state index in [2.05, 4.69) is 57.3 Å². The topological polar surface area (TPSA) is 58.4 Å². The quantitative estimate of drug-likeness (QED) is 0.831. The number of piperazine rings is 1. The van der Waals surface area contributed by atoms with Crippen molar-refractivity contribution in [2.75, 3.05) is 32.4 Å². The number of rotatable bonds is 3. The maximum absolute atomic E-state index is 11.6. The fourth-order valence-electron chi connectivity index (χ4n) is 2.93. The molecule has 0 saturated carbocycles.